The standard InChI is InChI=1S/C25H23ClN2O3S/c1-14-7-3-4-8-15(14)13-31-22-18(26)11-16(12-19(22)30-2)23-27-24(29)21-17-9-5-6-10-20(17)32-25(21)28-23/h3-4,7-8,11-12H,5-6,9-10,13H2,1-2H3,(H,27,28,29). The predicted molar refractivity (Wildman–Crippen MR) is 129 cm³/mol. The minimum Gasteiger partial charge on any atom is -0.493 e. The number of aromatic amines is 1. The van der Waals surface area contributed by atoms with E-state index in [1.165, 1.54) is 16.9 Å². The summed E-state index contributed by atoms with van der Waals surface area (Å²) in [5.74, 6) is 1.44. The first kappa shape index (κ1) is 21.0. The molecule has 0 atom stereocenters. The van der Waals surface area contributed by atoms with Gasteiger partial charge in [0.05, 0.1) is 17.5 Å². The number of rotatable bonds is 5. The Morgan fingerprint density at radius 2 is 2.00 bits per heavy atom. The third-order valence-electron chi connectivity index (χ3n) is 5.96. The van der Waals surface area contributed by atoms with Crippen LogP contribution in [0.1, 0.15) is 34.4 Å². The predicted octanol–water partition coefficient (Wildman–Crippen LogP) is 6.08. The normalized spacial score (nSPS) is 13.2. The summed E-state index contributed by atoms with van der Waals surface area (Å²) >= 11 is 8.21. The fourth-order valence-corrected chi connectivity index (χ4v) is 5.75. The minimum atomic E-state index is -0.0978. The van der Waals surface area contributed by atoms with Gasteiger partial charge in [-0.15, -0.1) is 11.3 Å². The third kappa shape index (κ3) is 3.78. The highest BCUT2D eigenvalue weighted by Gasteiger charge is 2.21. The molecule has 164 valence electrons. The highest BCUT2D eigenvalue weighted by Crippen LogP contribution is 2.40. The Hall–Kier alpha value is -2.83. The number of nitrogens with zero attached hydrogens (tertiary/aromatic N) is 1. The second-order valence-electron chi connectivity index (χ2n) is 8.01. The van der Waals surface area contributed by atoms with E-state index in [0.29, 0.717) is 34.5 Å². The molecular formula is C25H23ClN2O3S. The Bertz CT molecular complexity index is 1380. The van der Waals surface area contributed by atoms with E-state index >= 15 is 0 Å². The van der Waals surface area contributed by atoms with Gasteiger partial charge in [-0.1, -0.05) is 35.9 Å². The first-order valence-corrected chi connectivity index (χ1v) is 11.8. The van der Waals surface area contributed by atoms with Gasteiger partial charge in [-0.3, -0.25) is 4.79 Å². The SMILES string of the molecule is COc1cc(-c2nc3sc4c(c3c(=O)[nH]2)CCCC4)cc(Cl)c1OCc1ccccc1C. The minimum absolute atomic E-state index is 0.0978. The van der Waals surface area contributed by atoms with Gasteiger partial charge in [-0.25, -0.2) is 4.98 Å². The van der Waals surface area contributed by atoms with Gasteiger partial charge in [0.2, 0.25) is 0 Å². The number of aryl methyl sites for hydroxylation is 3. The molecular weight excluding hydrogens is 444 g/mol. The number of ether oxygens (including phenoxy) is 2. The van der Waals surface area contributed by atoms with Crippen molar-refractivity contribution in [2.24, 2.45) is 0 Å². The molecule has 1 N–H and O–H groups in total. The molecule has 0 fully saturated rings. The van der Waals surface area contributed by atoms with Gasteiger partial charge in [0.1, 0.15) is 17.3 Å². The summed E-state index contributed by atoms with van der Waals surface area (Å²) in [6, 6.07) is 11.6. The molecule has 0 spiro atoms. The van der Waals surface area contributed by atoms with Gasteiger partial charge in [0, 0.05) is 10.4 Å². The topological polar surface area (TPSA) is 64.2 Å². The number of hydrogen-bond acceptors (Lipinski definition) is 5. The number of halogens is 1. The van der Waals surface area contributed by atoms with Crippen LogP contribution in [0.25, 0.3) is 21.6 Å². The van der Waals surface area contributed by atoms with Gasteiger partial charge in [0.15, 0.2) is 11.5 Å². The molecule has 0 amide bonds. The van der Waals surface area contributed by atoms with Gasteiger partial charge in [-0.2, -0.15) is 0 Å². The van der Waals surface area contributed by atoms with Crippen molar-refractivity contribution in [1.82, 2.24) is 9.97 Å². The number of hydrogen-bond donors (Lipinski definition) is 1. The Kier molecular flexibility index (Phi) is 5.66. The van der Waals surface area contributed by atoms with Crippen LogP contribution in [0.15, 0.2) is 41.2 Å². The maximum Gasteiger partial charge on any atom is 0.260 e. The van der Waals surface area contributed by atoms with Crippen molar-refractivity contribution in [2.75, 3.05) is 7.11 Å². The lowest BCUT2D eigenvalue weighted by Gasteiger charge is -2.15. The maximum absolute atomic E-state index is 12.9. The van der Waals surface area contributed by atoms with Crippen LogP contribution in [0.4, 0.5) is 0 Å². The van der Waals surface area contributed by atoms with Crippen LogP contribution >= 0.6 is 22.9 Å². The van der Waals surface area contributed by atoms with Crippen molar-refractivity contribution in [3.63, 3.8) is 0 Å². The van der Waals surface area contributed by atoms with E-state index in [4.69, 9.17) is 26.1 Å². The maximum atomic E-state index is 12.9. The molecule has 0 aliphatic heterocycles. The quantitative estimate of drug-likeness (QED) is 0.387. The fourth-order valence-electron chi connectivity index (χ4n) is 4.22. The summed E-state index contributed by atoms with van der Waals surface area (Å²) in [6.45, 7) is 2.42. The summed E-state index contributed by atoms with van der Waals surface area (Å²) in [6.07, 6.45) is 4.27. The van der Waals surface area contributed by atoms with Gasteiger partial charge in [-0.05, 0) is 61.4 Å². The number of methoxy groups -OCH3 is 1. The number of benzene rings is 2. The first-order chi connectivity index (χ1) is 15.5. The van der Waals surface area contributed by atoms with E-state index < -0.39 is 0 Å². The molecule has 2 aromatic carbocycles. The number of H-pyrrole nitrogens is 1. The van der Waals surface area contributed by atoms with E-state index in [-0.39, 0.29) is 5.56 Å². The molecule has 0 saturated carbocycles. The van der Waals surface area contributed by atoms with E-state index in [2.05, 4.69) is 4.98 Å². The zero-order chi connectivity index (χ0) is 22.2. The summed E-state index contributed by atoms with van der Waals surface area (Å²) in [5.41, 5.74) is 3.98. The zero-order valence-electron chi connectivity index (χ0n) is 18.0. The third-order valence-corrected chi connectivity index (χ3v) is 7.43. The van der Waals surface area contributed by atoms with Crippen LogP contribution in [-0.4, -0.2) is 17.1 Å². The van der Waals surface area contributed by atoms with Crippen molar-refractivity contribution in [2.45, 2.75) is 39.2 Å². The molecule has 2 heterocycles. The van der Waals surface area contributed by atoms with Crippen LogP contribution in [-0.2, 0) is 19.4 Å². The van der Waals surface area contributed by atoms with Gasteiger partial charge in [0.25, 0.3) is 5.56 Å². The average molecular weight is 467 g/mol. The molecule has 0 saturated heterocycles. The van der Waals surface area contributed by atoms with Gasteiger partial charge >= 0.3 is 0 Å². The Balaban J connectivity index is 1.52. The van der Waals surface area contributed by atoms with Crippen LogP contribution in [0, 0.1) is 6.92 Å². The Morgan fingerprint density at radius 1 is 1.19 bits per heavy atom. The van der Waals surface area contributed by atoms with Crippen LogP contribution in [0.3, 0.4) is 0 Å². The highest BCUT2D eigenvalue weighted by atomic mass is 35.5. The van der Waals surface area contributed by atoms with Crippen molar-refractivity contribution < 1.29 is 9.47 Å². The molecule has 0 radical (unpaired) electrons. The number of nitrogens with one attached hydrogen (secondary N) is 1. The molecule has 5 nitrogen and oxygen atoms in total. The van der Waals surface area contributed by atoms with Gasteiger partial charge < -0.3 is 14.5 Å². The summed E-state index contributed by atoms with van der Waals surface area (Å²) in [5, 5.41) is 1.14. The molecule has 4 aromatic rings. The lowest BCUT2D eigenvalue weighted by atomic mass is 9.97. The lowest BCUT2D eigenvalue weighted by Crippen LogP contribution is -2.11. The largest absolute Gasteiger partial charge is 0.493 e. The average Bonchev–Trinajstić information content (AvgIpc) is 3.17. The second-order valence-corrected chi connectivity index (χ2v) is 9.50. The number of fused-ring (bicyclic) bond motifs is 3. The fraction of sp³-hybridized carbons (Fsp3) is 0.280. The highest BCUT2D eigenvalue weighted by molar-refractivity contribution is 7.18. The summed E-state index contributed by atoms with van der Waals surface area (Å²) in [4.78, 5) is 22.7. The number of aromatic nitrogens is 2. The zero-order valence-corrected chi connectivity index (χ0v) is 19.5. The Labute approximate surface area is 195 Å². The molecule has 0 unspecified atom stereocenters. The first-order valence-electron chi connectivity index (χ1n) is 10.6. The Morgan fingerprint density at radius 3 is 2.81 bits per heavy atom. The van der Waals surface area contributed by atoms with E-state index in [1.807, 2.05) is 31.2 Å². The van der Waals surface area contributed by atoms with Crippen molar-refractivity contribution >= 4 is 33.2 Å². The number of thiophene rings is 1. The summed E-state index contributed by atoms with van der Waals surface area (Å²) in [7, 11) is 1.57. The second kappa shape index (κ2) is 8.60. The molecule has 5 rings (SSSR count). The lowest BCUT2D eigenvalue weighted by molar-refractivity contribution is 0.284. The summed E-state index contributed by atoms with van der Waals surface area (Å²) < 4.78 is 11.6. The molecule has 2 aromatic heterocycles. The van der Waals surface area contributed by atoms with Crippen LogP contribution in [0.2, 0.25) is 5.02 Å². The molecule has 1 aliphatic carbocycles. The molecule has 1 aliphatic rings. The smallest absolute Gasteiger partial charge is 0.260 e. The van der Waals surface area contributed by atoms with Crippen LogP contribution < -0.4 is 15.0 Å². The van der Waals surface area contributed by atoms with Crippen molar-refractivity contribution in [3.05, 3.63) is 73.3 Å². The van der Waals surface area contributed by atoms with Crippen molar-refractivity contribution in [1.29, 1.82) is 0 Å². The molecule has 7 heteroatoms. The molecule has 32 heavy (non-hydrogen) atoms. The monoisotopic (exact) mass is 466 g/mol. The van der Waals surface area contributed by atoms with Crippen molar-refractivity contribution in [3.8, 4) is 22.9 Å². The van der Waals surface area contributed by atoms with E-state index in [9.17, 15) is 4.79 Å². The van der Waals surface area contributed by atoms with E-state index in [0.717, 1.165) is 40.6 Å². The molecule has 0 bridgehead atoms. The van der Waals surface area contributed by atoms with E-state index in [1.54, 1.807) is 30.6 Å². The van der Waals surface area contributed by atoms with Crippen LogP contribution in [0.5, 0.6) is 11.5 Å².